The van der Waals surface area contributed by atoms with Crippen molar-refractivity contribution in [2.75, 3.05) is 5.73 Å². The third-order valence-corrected chi connectivity index (χ3v) is 3.62. The number of nitrogens with zero attached hydrogens (tertiary/aromatic N) is 2. The van der Waals surface area contributed by atoms with E-state index in [4.69, 9.17) is 15.0 Å². The van der Waals surface area contributed by atoms with E-state index >= 15 is 0 Å². The van der Waals surface area contributed by atoms with Crippen LogP contribution >= 0.6 is 0 Å². The molecule has 0 aromatic carbocycles. The highest BCUT2D eigenvalue weighted by atomic mass is 16.7. The Morgan fingerprint density at radius 2 is 1.79 bits per heavy atom. The van der Waals surface area contributed by atoms with Crippen molar-refractivity contribution in [2.45, 2.75) is 38.9 Å². The highest BCUT2D eigenvalue weighted by Gasteiger charge is 2.52. The van der Waals surface area contributed by atoms with Crippen LogP contribution < -0.4 is 11.3 Å². The molecule has 1 aliphatic rings. The van der Waals surface area contributed by atoms with Gasteiger partial charge in [0.2, 0.25) is 5.82 Å². The number of nitrogens with two attached hydrogens (primary N) is 1. The van der Waals surface area contributed by atoms with E-state index < -0.39 is 23.2 Å². The molecule has 8 heteroatoms. The second kappa shape index (κ2) is 4.17. The van der Waals surface area contributed by atoms with Crippen LogP contribution in [0.5, 0.6) is 0 Å². The Morgan fingerprint density at radius 1 is 1.26 bits per heavy atom. The fourth-order valence-corrected chi connectivity index (χ4v) is 1.73. The minimum Gasteiger partial charge on any atom is -0.398 e. The van der Waals surface area contributed by atoms with Gasteiger partial charge in [0.1, 0.15) is 0 Å². The molecule has 0 amide bonds. The molecule has 19 heavy (non-hydrogen) atoms. The van der Waals surface area contributed by atoms with Crippen LogP contribution in [0, 0.1) is 10.1 Å². The highest BCUT2D eigenvalue weighted by Crippen LogP contribution is 2.36. The molecule has 2 N–H and O–H groups in total. The lowest BCUT2D eigenvalue weighted by Crippen LogP contribution is -2.41. The fraction of sp³-hybridized carbons (Fsp3) is 0.545. The van der Waals surface area contributed by atoms with E-state index in [9.17, 15) is 10.1 Å². The summed E-state index contributed by atoms with van der Waals surface area (Å²) in [5.41, 5.74) is 4.79. The molecule has 0 saturated carbocycles. The van der Waals surface area contributed by atoms with Gasteiger partial charge in [0, 0.05) is 6.07 Å². The lowest BCUT2D eigenvalue weighted by Gasteiger charge is -2.32. The van der Waals surface area contributed by atoms with Crippen LogP contribution in [0.4, 0.5) is 11.5 Å². The Morgan fingerprint density at radius 3 is 2.21 bits per heavy atom. The summed E-state index contributed by atoms with van der Waals surface area (Å²) in [6.45, 7) is 7.67. The van der Waals surface area contributed by atoms with Crippen molar-refractivity contribution in [1.29, 1.82) is 0 Å². The van der Waals surface area contributed by atoms with E-state index in [1.165, 1.54) is 12.1 Å². The molecule has 7 nitrogen and oxygen atoms in total. The van der Waals surface area contributed by atoms with E-state index in [1.54, 1.807) is 0 Å². The van der Waals surface area contributed by atoms with Gasteiger partial charge in [-0.25, -0.2) is 4.98 Å². The minimum atomic E-state index is -0.673. The number of hydrogen-bond donors (Lipinski definition) is 1. The van der Waals surface area contributed by atoms with Gasteiger partial charge in [0.25, 0.3) is 0 Å². The normalized spacial score (nSPS) is 20.5. The van der Waals surface area contributed by atoms with Crippen molar-refractivity contribution >= 4 is 24.2 Å². The Kier molecular flexibility index (Phi) is 3.02. The lowest BCUT2D eigenvalue weighted by molar-refractivity contribution is -0.384. The summed E-state index contributed by atoms with van der Waals surface area (Å²) in [6, 6.07) is 2.80. The zero-order valence-electron chi connectivity index (χ0n) is 11.3. The monoisotopic (exact) mass is 265 g/mol. The zero-order valence-corrected chi connectivity index (χ0v) is 11.3. The molecule has 102 valence electrons. The summed E-state index contributed by atoms with van der Waals surface area (Å²) < 4.78 is 11.6. The summed E-state index contributed by atoms with van der Waals surface area (Å²) in [7, 11) is -0.673. The van der Waals surface area contributed by atoms with E-state index in [0.29, 0.717) is 5.59 Å². The van der Waals surface area contributed by atoms with Crippen molar-refractivity contribution in [3.63, 3.8) is 0 Å². The Balaban J connectivity index is 2.31. The molecule has 0 atom stereocenters. The molecule has 2 heterocycles. The van der Waals surface area contributed by atoms with Crippen molar-refractivity contribution < 1.29 is 14.2 Å². The van der Waals surface area contributed by atoms with Gasteiger partial charge < -0.3 is 15.0 Å². The van der Waals surface area contributed by atoms with E-state index in [-0.39, 0.29) is 11.5 Å². The average molecular weight is 265 g/mol. The van der Waals surface area contributed by atoms with Gasteiger partial charge in [-0.05, 0) is 33.8 Å². The van der Waals surface area contributed by atoms with Crippen molar-refractivity contribution in [3.8, 4) is 0 Å². The Hall–Kier alpha value is -1.67. The predicted octanol–water partition coefficient (Wildman–Crippen LogP) is 0.871. The minimum absolute atomic E-state index is 0.141. The molecule has 1 saturated heterocycles. The van der Waals surface area contributed by atoms with Crippen LogP contribution in [0.1, 0.15) is 27.7 Å². The molecule has 0 spiro atoms. The number of pyridine rings is 1. The number of aromatic nitrogens is 1. The lowest BCUT2D eigenvalue weighted by atomic mass is 9.84. The second-order valence-electron chi connectivity index (χ2n) is 5.49. The Labute approximate surface area is 111 Å². The van der Waals surface area contributed by atoms with Crippen LogP contribution in [0.2, 0.25) is 0 Å². The molecule has 1 fully saturated rings. The molecule has 2 rings (SSSR count). The van der Waals surface area contributed by atoms with Crippen LogP contribution in [-0.2, 0) is 9.31 Å². The molecule has 0 radical (unpaired) electrons. The summed E-state index contributed by atoms with van der Waals surface area (Å²) in [6.07, 6.45) is 0. The molecule has 0 bridgehead atoms. The third kappa shape index (κ3) is 2.28. The predicted molar refractivity (Wildman–Crippen MR) is 71.0 cm³/mol. The van der Waals surface area contributed by atoms with Crippen LogP contribution in [0.25, 0.3) is 0 Å². The first-order valence-electron chi connectivity index (χ1n) is 5.90. The van der Waals surface area contributed by atoms with Gasteiger partial charge in [-0.1, -0.05) is 0 Å². The van der Waals surface area contributed by atoms with Crippen LogP contribution in [0.3, 0.4) is 0 Å². The second-order valence-corrected chi connectivity index (χ2v) is 5.49. The van der Waals surface area contributed by atoms with Crippen molar-refractivity contribution in [1.82, 2.24) is 4.98 Å². The first kappa shape index (κ1) is 13.8. The SMILES string of the molecule is CC1(C)OB(c2ccc([N+](=O)[O-])c(N)n2)OC1(C)C. The summed E-state index contributed by atoms with van der Waals surface area (Å²) in [5.74, 6) is -0.141. The molecule has 1 aromatic rings. The first-order valence-corrected chi connectivity index (χ1v) is 5.90. The molecule has 0 aliphatic carbocycles. The van der Waals surface area contributed by atoms with Crippen LogP contribution in [-0.4, -0.2) is 28.2 Å². The molecule has 1 aromatic heterocycles. The first-order chi connectivity index (χ1) is 8.64. The maximum absolute atomic E-state index is 10.7. The number of hydrogen-bond acceptors (Lipinski definition) is 6. The topological polar surface area (TPSA) is 101 Å². The van der Waals surface area contributed by atoms with Gasteiger partial charge in [0.05, 0.1) is 21.7 Å². The van der Waals surface area contributed by atoms with Gasteiger partial charge >= 0.3 is 12.8 Å². The van der Waals surface area contributed by atoms with E-state index in [0.717, 1.165) is 0 Å². The molecular formula is C11H16BN3O4. The Bertz CT molecular complexity index is 517. The van der Waals surface area contributed by atoms with Gasteiger partial charge in [-0.2, -0.15) is 0 Å². The van der Waals surface area contributed by atoms with Crippen molar-refractivity contribution in [2.24, 2.45) is 0 Å². The smallest absolute Gasteiger partial charge is 0.398 e. The molecule has 0 unspecified atom stereocenters. The molecular weight excluding hydrogens is 249 g/mol. The number of nitro groups is 1. The van der Waals surface area contributed by atoms with E-state index in [1.807, 2.05) is 27.7 Å². The average Bonchev–Trinajstić information content (AvgIpc) is 2.47. The third-order valence-electron chi connectivity index (χ3n) is 3.62. The maximum Gasteiger partial charge on any atom is 0.514 e. The molecule has 1 aliphatic heterocycles. The maximum atomic E-state index is 10.7. The van der Waals surface area contributed by atoms with Crippen LogP contribution in [0.15, 0.2) is 12.1 Å². The largest absolute Gasteiger partial charge is 0.514 e. The zero-order chi connectivity index (χ0) is 14.4. The number of anilines is 1. The highest BCUT2D eigenvalue weighted by molar-refractivity contribution is 6.61. The van der Waals surface area contributed by atoms with E-state index in [2.05, 4.69) is 4.98 Å². The summed E-state index contributed by atoms with van der Waals surface area (Å²) >= 11 is 0. The quantitative estimate of drug-likeness (QED) is 0.483. The van der Waals surface area contributed by atoms with Crippen molar-refractivity contribution in [3.05, 3.63) is 22.2 Å². The standard InChI is InChI=1S/C11H16BN3O4/c1-10(2)11(3,4)19-12(18-10)8-6-5-7(15(16)17)9(13)14-8/h5-6H,1-4H3,(H2,13,14). The number of rotatable bonds is 2. The summed E-state index contributed by atoms with van der Waals surface area (Å²) in [5, 5.41) is 10.7. The van der Waals surface area contributed by atoms with Gasteiger partial charge in [-0.15, -0.1) is 0 Å². The van der Waals surface area contributed by atoms with Gasteiger partial charge in [-0.3, -0.25) is 10.1 Å². The fourth-order valence-electron chi connectivity index (χ4n) is 1.73. The summed E-state index contributed by atoms with van der Waals surface area (Å²) in [4.78, 5) is 14.1. The number of nitrogen functional groups attached to an aromatic ring is 1. The van der Waals surface area contributed by atoms with Gasteiger partial charge in [0.15, 0.2) is 0 Å².